The van der Waals surface area contributed by atoms with Gasteiger partial charge in [0.15, 0.2) is 6.61 Å². The molecule has 2 aromatic carbocycles. The molecule has 0 fully saturated rings. The van der Waals surface area contributed by atoms with E-state index in [-0.39, 0.29) is 5.56 Å². The van der Waals surface area contributed by atoms with Gasteiger partial charge in [0.1, 0.15) is 11.1 Å². The molecule has 6 nitrogen and oxygen atoms in total. The van der Waals surface area contributed by atoms with E-state index in [9.17, 15) is 14.4 Å². The Morgan fingerprint density at radius 1 is 1.08 bits per heavy atom. The molecule has 3 rings (SSSR count). The molecule has 0 spiro atoms. The van der Waals surface area contributed by atoms with Gasteiger partial charge < -0.3 is 14.5 Å². The third-order valence-electron chi connectivity index (χ3n) is 3.34. The van der Waals surface area contributed by atoms with Gasteiger partial charge in [-0.3, -0.25) is 4.79 Å². The molecule has 1 N–H and O–H groups in total. The summed E-state index contributed by atoms with van der Waals surface area (Å²) in [7, 11) is 0. The van der Waals surface area contributed by atoms with Crippen molar-refractivity contribution >= 4 is 44.5 Å². The summed E-state index contributed by atoms with van der Waals surface area (Å²) in [6, 6.07) is 15.2. The Morgan fingerprint density at radius 3 is 2.60 bits per heavy atom. The van der Waals surface area contributed by atoms with E-state index < -0.39 is 24.1 Å². The summed E-state index contributed by atoms with van der Waals surface area (Å²) in [6.07, 6.45) is 0. The third-order valence-corrected chi connectivity index (χ3v) is 4.04. The standard InChI is InChI=1S/C18H12BrNO5/c19-13-6-2-3-7-14(13)20-16(21)10-24-17(22)12-9-11-5-1-4-8-15(11)25-18(12)23/h1-9H,10H2,(H,20,21). The van der Waals surface area contributed by atoms with Crippen molar-refractivity contribution in [2.24, 2.45) is 0 Å². The molecular formula is C18H12BrNO5. The van der Waals surface area contributed by atoms with E-state index in [1.165, 1.54) is 6.07 Å². The summed E-state index contributed by atoms with van der Waals surface area (Å²) in [6.45, 7) is -0.521. The maximum Gasteiger partial charge on any atom is 0.351 e. The van der Waals surface area contributed by atoms with Crippen LogP contribution in [0.5, 0.6) is 0 Å². The molecule has 0 aliphatic carbocycles. The number of anilines is 1. The molecule has 1 heterocycles. The van der Waals surface area contributed by atoms with Crippen molar-refractivity contribution < 1.29 is 18.7 Å². The van der Waals surface area contributed by atoms with Crippen LogP contribution in [-0.4, -0.2) is 18.5 Å². The van der Waals surface area contributed by atoms with Gasteiger partial charge in [-0.05, 0) is 40.2 Å². The number of benzene rings is 2. The number of carbonyl (C=O) groups is 2. The molecule has 0 radical (unpaired) electrons. The first-order chi connectivity index (χ1) is 12.0. The average Bonchev–Trinajstić information content (AvgIpc) is 2.61. The molecule has 1 aromatic heterocycles. The van der Waals surface area contributed by atoms with Crippen LogP contribution < -0.4 is 10.9 Å². The van der Waals surface area contributed by atoms with Crippen LogP contribution in [0.2, 0.25) is 0 Å². The molecule has 0 unspecified atom stereocenters. The van der Waals surface area contributed by atoms with Crippen LogP contribution in [0.3, 0.4) is 0 Å². The highest BCUT2D eigenvalue weighted by atomic mass is 79.9. The molecule has 0 saturated heterocycles. The smallest absolute Gasteiger partial charge is 0.351 e. The number of fused-ring (bicyclic) bond motifs is 1. The highest BCUT2D eigenvalue weighted by Gasteiger charge is 2.17. The Morgan fingerprint density at radius 2 is 1.80 bits per heavy atom. The van der Waals surface area contributed by atoms with Gasteiger partial charge in [-0.1, -0.05) is 30.3 Å². The molecule has 1 amide bonds. The summed E-state index contributed by atoms with van der Waals surface area (Å²) in [4.78, 5) is 35.8. The van der Waals surface area contributed by atoms with Crippen molar-refractivity contribution in [2.75, 3.05) is 11.9 Å². The number of ether oxygens (including phenoxy) is 1. The first kappa shape index (κ1) is 16.9. The van der Waals surface area contributed by atoms with E-state index in [2.05, 4.69) is 21.2 Å². The molecule has 0 atom stereocenters. The van der Waals surface area contributed by atoms with Crippen molar-refractivity contribution in [3.63, 3.8) is 0 Å². The lowest BCUT2D eigenvalue weighted by molar-refractivity contribution is -0.119. The molecular weight excluding hydrogens is 390 g/mol. The molecule has 0 bridgehead atoms. The van der Waals surface area contributed by atoms with Crippen LogP contribution in [0.15, 0.2) is 68.3 Å². The van der Waals surface area contributed by atoms with Crippen molar-refractivity contribution in [2.45, 2.75) is 0 Å². The van der Waals surface area contributed by atoms with E-state index in [1.54, 1.807) is 48.5 Å². The fraction of sp³-hybridized carbons (Fsp3) is 0.0556. The van der Waals surface area contributed by atoms with E-state index in [4.69, 9.17) is 9.15 Å². The second-order valence-electron chi connectivity index (χ2n) is 5.09. The SMILES string of the molecule is O=C(COC(=O)c1cc2ccccc2oc1=O)Nc1ccccc1Br. The molecule has 0 saturated carbocycles. The van der Waals surface area contributed by atoms with Crippen LogP contribution in [-0.2, 0) is 9.53 Å². The molecule has 3 aromatic rings. The lowest BCUT2D eigenvalue weighted by Gasteiger charge is -2.08. The quantitative estimate of drug-likeness (QED) is 0.535. The normalized spacial score (nSPS) is 10.4. The first-order valence-electron chi connectivity index (χ1n) is 7.29. The van der Waals surface area contributed by atoms with Gasteiger partial charge in [-0.15, -0.1) is 0 Å². The van der Waals surface area contributed by atoms with Gasteiger partial charge in [0.05, 0.1) is 5.69 Å². The highest BCUT2D eigenvalue weighted by molar-refractivity contribution is 9.10. The van der Waals surface area contributed by atoms with Gasteiger partial charge in [0.25, 0.3) is 5.91 Å². The Labute approximate surface area is 150 Å². The van der Waals surface area contributed by atoms with E-state index in [0.717, 1.165) is 0 Å². The fourth-order valence-electron chi connectivity index (χ4n) is 2.16. The molecule has 25 heavy (non-hydrogen) atoms. The number of hydrogen-bond acceptors (Lipinski definition) is 5. The Kier molecular flexibility index (Phi) is 4.95. The number of halogens is 1. The topological polar surface area (TPSA) is 85.6 Å². The van der Waals surface area contributed by atoms with Gasteiger partial charge in [0.2, 0.25) is 0 Å². The molecule has 126 valence electrons. The minimum atomic E-state index is -0.915. The second-order valence-corrected chi connectivity index (χ2v) is 5.94. The zero-order valence-corrected chi connectivity index (χ0v) is 14.4. The second kappa shape index (κ2) is 7.31. The summed E-state index contributed by atoms with van der Waals surface area (Å²) < 4.78 is 10.7. The first-order valence-corrected chi connectivity index (χ1v) is 8.08. The Bertz CT molecular complexity index is 1010. The van der Waals surface area contributed by atoms with Crippen LogP contribution in [0.25, 0.3) is 11.0 Å². The third kappa shape index (κ3) is 3.95. The van der Waals surface area contributed by atoms with E-state index in [0.29, 0.717) is 21.1 Å². The van der Waals surface area contributed by atoms with Crippen LogP contribution in [0.4, 0.5) is 5.69 Å². The molecule has 0 aliphatic rings. The maximum atomic E-state index is 12.1. The monoisotopic (exact) mass is 401 g/mol. The zero-order valence-electron chi connectivity index (χ0n) is 12.8. The van der Waals surface area contributed by atoms with Gasteiger partial charge in [-0.2, -0.15) is 0 Å². The number of amides is 1. The fourth-order valence-corrected chi connectivity index (χ4v) is 2.55. The number of carbonyl (C=O) groups excluding carboxylic acids is 2. The Balaban J connectivity index is 1.68. The average molecular weight is 402 g/mol. The van der Waals surface area contributed by atoms with Crippen molar-refractivity contribution in [1.82, 2.24) is 0 Å². The van der Waals surface area contributed by atoms with Gasteiger partial charge in [0, 0.05) is 9.86 Å². The van der Waals surface area contributed by atoms with Crippen LogP contribution >= 0.6 is 15.9 Å². The van der Waals surface area contributed by atoms with Crippen LogP contribution in [0, 0.1) is 0 Å². The summed E-state index contributed by atoms with van der Waals surface area (Å²) in [5.41, 5.74) is -0.146. The van der Waals surface area contributed by atoms with Crippen molar-refractivity contribution in [3.8, 4) is 0 Å². The summed E-state index contributed by atoms with van der Waals surface area (Å²) >= 11 is 3.30. The van der Waals surface area contributed by atoms with Gasteiger partial charge in [-0.25, -0.2) is 9.59 Å². The van der Waals surface area contributed by atoms with E-state index >= 15 is 0 Å². The zero-order chi connectivity index (χ0) is 17.8. The van der Waals surface area contributed by atoms with Crippen LogP contribution in [0.1, 0.15) is 10.4 Å². The predicted octanol–water partition coefficient (Wildman–Crippen LogP) is 3.35. The van der Waals surface area contributed by atoms with Crippen molar-refractivity contribution in [1.29, 1.82) is 0 Å². The van der Waals surface area contributed by atoms with Gasteiger partial charge >= 0.3 is 11.6 Å². The molecule has 0 aliphatic heterocycles. The maximum absolute atomic E-state index is 12.1. The van der Waals surface area contributed by atoms with E-state index in [1.807, 2.05) is 0 Å². The minimum absolute atomic E-state index is 0.257. The Hall–Kier alpha value is -2.93. The number of esters is 1. The number of rotatable bonds is 4. The number of nitrogens with one attached hydrogen (secondary N) is 1. The number of para-hydroxylation sites is 2. The molecule has 7 heteroatoms. The minimum Gasteiger partial charge on any atom is -0.452 e. The predicted molar refractivity (Wildman–Crippen MR) is 95.5 cm³/mol. The lowest BCUT2D eigenvalue weighted by atomic mass is 10.2. The summed E-state index contributed by atoms with van der Waals surface area (Å²) in [5.74, 6) is -1.44. The number of hydrogen-bond donors (Lipinski definition) is 1. The summed E-state index contributed by atoms with van der Waals surface area (Å²) in [5, 5.41) is 3.19. The largest absolute Gasteiger partial charge is 0.452 e. The lowest BCUT2D eigenvalue weighted by Crippen LogP contribution is -2.23. The highest BCUT2D eigenvalue weighted by Crippen LogP contribution is 2.21. The van der Waals surface area contributed by atoms with Crippen molar-refractivity contribution in [3.05, 3.63) is 75.1 Å².